The first-order chi connectivity index (χ1) is 8.65. The van der Waals surface area contributed by atoms with Crippen LogP contribution in [0.2, 0.25) is 0 Å². The highest BCUT2D eigenvalue weighted by molar-refractivity contribution is 5.75. The van der Waals surface area contributed by atoms with Crippen molar-refractivity contribution in [3.8, 4) is 0 Å². The van der Waals surface area contributed by atoms with Crippen LogP contribution in [-0.4, -0.2) is 36.5 Å². The fourth-order valence-corrected chi connectivity index (χ4v) is 2.45. The molecule has 0 spiro atoms. The van der Waals surface area contributed by atoms with Gasteiger partial charge in [0.15, 0.2) is 0 Å². The minimum absolute atomic E-state index is 0.242. The Morgan fingerprint density at radius 1 is 1.61 bits per heavy atom. The molecule has 1 fully saturated rings. The monoisotopic (exact) mass is 251 g/mol. The first-order valence-electron chi connectivity index (χ1n) is 6.44. The van der Waals surface area contributed by atoms with Crippen LogP contribution in [0.3, 0.4) is 0 Å². The van der Waals surface area contributed by atoms with E-state index in [4.69, 9.17) is 10.2 Å². The van der Waals surface area contributed by atoms with Crippen molar-refractivity contribution in [3.63, 3.8) is 0 Å². The van der Waals surface area contributed by atoms with Crippen molar-refractivity contribution in [3.05, 3.63) is 24.2 Å². The number of likely N-dealkylation sites (tertiary alicyclic amines) is 1. The topological polar surface area (TPSA) is 71.5 Å². The summed E-state index contributed by atoms with van der Waals surface area (Å²) in [5.74, 6) is -0.242. The van der Waals surface area contributed by atoms with Gasteiger partial charge in [-0.25, -0.2) is 0 Å². The van der Waals surface area contributed by atoms with E-state index in [1.165, 1.54) is 5.56 Å². The number of piperidine rings is 1. The van der Waals surface area contributed by atoms with Crippen LogP contribution in [0.15, 0.2) is 23.0 Å². The van der Waals surface area contributed by atoms with E-state index in [0.29, 0.717) is 18.6 Å². The Morgan fingerprint density at radius 3 is 2.89 bits per heavy atom. The zero-order valence-corrected chi connectivity index (χ0v) is 10.8. The van der Waals surface area contributed by atoms with Crippen molar-refractivity contribution in [2.45, 2.75) is 31.8 Å². The summed E-state index contributed by atoms with van der Waals surface area (Å²) >= 11 is 0. The molecular formula is C13H21N3O2. The third-order valence-electron chi connectivity index (χ3n) is 3.50. The van der Waals surface area contributed by atoms with Gasteiger partial charge in [-0.15, -0.1) is 0 Å². The number of carbonyl (C=O) groups excluding carboxylic acids is 1. The lowest BCUT2D eigenvalue weighted by molar-refractivity contribution is -0.119. The van der Waals surface area contributed by atoms with Gasteiger partial charge >= 0.3 is 0 Å². The summed E-state index contributed by atoms with van der Waals surface area (Å²) in [6.07, 6.45) is 5.58. The van der Waals surface area contributed by atoms with E-state index in [9.17, 15) is 4.79 Å². The van der Waals surface area contributed by atoms with Gasteiger partial charge in [-0.1, -0.05) is 0 Å². The van der Waals surface area contributed by atoms with Crippen LogP contribution in [0.4, 0.5) is 0 Å². The highest BCUT2D eigenvalue weighted by Crippen LogP contribution is 2.17. The second kappa shape index (κ2) is 6.02. The molecule has 18 heavy (non-hydrogen) atoms. The summed E-state index contributed by atoms with van der Waals surface area (Å²) in [6, 6.07) is 2.79. The van der Waals surface area contributed by atoms with Gasteiger partial charge in [-0.05, 0) is 25.8 Å². The molecule has 2 heterocycles. The molecular weight excluding hydrogens is 230 g/mol. The Kier molecular flexibility index (Phi) is 4.38. The van der Waals surface area contributed by atoms with E-state index in [0.717, 1.165) is 25.9 Å². The second-order valence-electron chi connectivity index (χ2n) is 4.96. The first-order valence-corrected chi connectivity index (χ1v) is 6.44. The van der Waals surface area contributed by atoms with Gasteiger partial charge in [-0.3, -0.25) is 9.69 Å². The molecule has 100 valence electrons. The maximum Gasteiger partial charge on any atom is 0.231 e. The molecule has 2 rings (SSSR count). The van der Waals surface area contributed by atoms with Crippen LogP contribution < -0.4 is 11.1 Å². The third kappa shape index (κ3) is 3.58. The predicted octanol–water partition coefficient (Wildman–Crippen LogP) is 0.880. The molecule has 5 heteroatoms. The van der Waals surface area contributed by atoms with Gasteiger partial charge in [0.05, 0.1) is 19.1 Å². The summed E-state index contributed by atoms with van der Waals surface area (Å²) < 4.78 is 5.09. The lowest BCUT2D eigenvalue weighted by atomic mass is 10.0. The Morgan fingerprint density at radius 2 is 2.33 bits per heavy atom. The number of nitrogens with zero attached hydrogens (tertiary/aromatic N) is 1. The van der Waals surface area contributed by atoms with E-state index in [2.05, 4.69) is 17.1 Å². The Labute approximate surface area is 107 Å². The van der Waals surface area contributed by atoms with Gasteiger partial charge in [0.1, 0.15) is 0 Å². The van der Waals surface area contributed by atoms with Crippen molar-refractivity contribution >= 4 is 5.91 Å². The normalized spacial score (nSPS) is 19.8. The largest absolute Gasteiger partial charge is 0.472 e. The van der Waals surface area contributed by atoms with Gasteiger partial charge in [0, 0.05) is 30.7 Å². The van der Waals surface area contributed by atoms with Crippen LogP contribution >= 0.6 is 0 Å². The molecule has 1 amide bonds. The predicted molar refractivity (Wildman–Crippen MR) is 68.9 cm³/mol. The molecule has 0 radical (unpaired) electrons. The molecule has 1 aromatic heterocycles. The Balaban J connectivity index is 1.75. The van der Waals surface area contributed by atoms with E-state index in [-0.39, 0.29) is 5.91 Å². The highest BCUT2D eigenvalue weighted by atomic mass is 16.3. The highest BCUT2D eigenvalue weighted by Gasteiger charge is 2.21. The summed E-state index contributed by atoms with van der Waals surface area (Å²) in [5, 5.41) is 3.59. The summed E-state index contributed by atoms with van der Waals surface area (Å²) in [4.78, 5) is 13.0. The van der Waals surface area contributed by atoms with Crippen LogP contribution in [0.5, 0.6) is 0 Å². The van der Waals surface area contributed by atoms with Crippen molar-refractivity contribution in [1.29, 1.82) is 0 Å². The second-order valence-corrected chi connectivity index (χ2v) is 4.96. The number of hydrogen-bond donors (Lipinski definition) is 2. The fourth-order valence-electron chi connectivity index (χ4n) is 2.45. The number of nitrogens with two attached hydrogens (primary N) is 1. The maximum atomic E-state index is 10.8. The SMILES string of the molecule is CC(NC1CCN(CC(N)=O)CC1)c1ccoc1. The lowest BCUT2D eigenvalue weighted by Gasteiger charge is -2.33. The maximum absolute atomic E-state index is 10.8. The average molecular weight is 251 g/mol. The van der Waals surface area contributed by atoms with E-state index >= 15 is 0 Å². The van der Waals surface area contributed by atoms with Crippen LogP contribution in [-0.2, 0) is 4.79 Å². The van der Waals surface area contributed by atoms with E-state index in [1.54, 1.807) is 12.5 Å². The van der Waals surface area contributed by atoms with E-state index in [1.807, 2.05) is 6.07 Å². The Hall–Kier alpha value is -1.33. The van der Waals surface area contributed by atoms with E-state index < -0.39 is 0 Å². The van der Waals surface area contributed by atoms with Crippen LogP contribution in [0, 0.1) is 0 Å². The number of rotatable bonds is 5. The number of nitrogens with one attached hydrogen (secondary N) is 1. The number of carbonyl (C=O) groups is 1. The van der Waals surface area contributed by atoms with Gasteiger partial charge < -0.3 is 15.5 Å². The van der Waals surface area contributed by atoms with Crippen molar-refractivity contribution in [2.75, 3.05) is 19.6 Å². The van der Waals surface area contributed by atoms with Crippen LogP contribution in [0.25, 0.3) is 0 Å². The molecule has 1 unspecified atom stereocenters. The number of furan rings is 1. The van der Waals surface area contributed by atoms with Crippen molar-refractivity contribution in [1.82, 2.24) is 10.2 Å². The van der Waals surface area contributed by atoms with Gasteiger partial charge in [-0.2, -0.15) is 0 Å². The molecule has 1 atom stereocenters. The first kappa shape index (κ1) is 13.1. The number of hydrogen-bond acceptors (Lipinski definition) is 4. The molecule has 5 nitrogen and oxygen atoms in total. The van der Waals surface area contributed by atoms with Gasteiger partial charge in [0.2, 0.25) is 5.91 Å². The molecule has 0 bridgehead atoms. The summed E-state index contributed by atoms with van der Waals surface area (Å²) in [7, 11) is 0. The number of primary amides is 1. The summed E-state index contributed by atoms with van der Waals surface area (Å²) in [6.45, 7) is 4.38. The average Bonchev–Trinajstić information content (AvgIpc) is 2.84. The summed E-state index contributed by atoms with van der Waals surface area (Å²) in [5.41, 5.74) is 6.37. The molecule has 1 aromatic rings. The third-order valence-corrected chi connectivity index (χ3v) is 3.50. The quantitative estimate of drug-likeness (QED) is 0.815. The molecule has 0 saturated carbocycles. The zero-order valence-electron chi connectivity index (χ0n) is 10.8. The molecule has 1 saturated heterocycles. The van der Waals surface area contributed by atoms with Crippen molar-refractivity contribution in [2.24, 2.45) is 5.73 Å². The standard InChI is InChI=1S/C13H21N3O2/c1-10(11-4-7-18-9-11)15-12-2-5-16(6-3-12)8-13(14)17/h4,7,9-10,12,15H,2-3,5-6,8H2,1H3,(H2,14,17). The number of amides is 1. The molecule has 0 aromatic carbocycles. The molecule has 1 aliphatic heterocycles. The molecule has 0 aliphatic carbocycles. The fraction of sp³-hybridized carbons (Fsp3) is 0.615. The zero-order chi connectivity index (χ0) is 13.0. The Bertz CT molecular complexity index is 370. The van der Waals surface area contributed by atoms with Crippen molar-refractivity contribution < 1.29 is 9.21 Å². The molecule has 1 aliphatic rings. The van der Waals surface area contributed by atoms with Crippen LogP contribution in [0.1, 0.15) is 31.4 Å². The lowest BCUT2D eigenvalue weighted by Crippen LogP contribution is -2.45. The molecule has 3 N–H and O–H groups in total. The smallest absolute Gasteiger partial charge is 0.231 e. The van der Waals surface area contributed by atoms with Gasteiger partial charge in [0.25, 0.3) is 0 Å². The minimum Gasteiger partial charge on any atom is -0.472 e. The minimum atomic E-state index is -0.242.